The number of aryl methyl sites for hydroxylation is 1. The van der Waals surface area contributed by atoms with Crippen LogP contribution in [0.5, 0.6) is 5.75 Å². The highest BCUT2D eigenvalue weighted by molar-refractivity contribution is 7.90. The molecule has 1 N–H and O–H groups in total. The van der Waals surface area contributed by atoms with Crippen LogP contribution >= 0.6 is 11.6 Å². The normalized spacial score (nSPS) is 31.1. The number of benzene rings is 2. The van der Waals surface area contributed by atoms with Gasteiger partial charge < -0.3 is 19.3 Å². The maximum atomic E-state index is 13.6. The first-order valence-electron chi connectivity index (χ1n) is 19.7. The van der Waals surface area contributed by atoms with Crippen LogP contribution in [-0.4, -0.2) is 69.4 Å². The number of hydrogen-bond acceptors (Lipinski definition) is 7. The number of ether oxygens (including phenoxy) is 2. The first-order valence-corrected chi connectivity index (χ1v) is 21.6. The van der Waals surface area contributed by atoms with Crippen molar-refractivity contribution >= 4 is 33.2 Å². The smallest absolute Gasteiger partial charge is 0.264 e. The number of halogens is 1. The highest BCUT2D eigenvalue weighted by atomic mass is 35.5. The van der Waals surface area contributed by atoms with Crippen molar-refractivity contribution in [2.75, 3.05) is 38.2 Å². The van der Waals surface area contributed by atoms with Gasteiger partial charge in [0.2, 0.25) is 10.0 Å². The van der Waals surface area contributed by atoms with Gasteiger partial charge in [-0.05, 0) is 163 Å². The quantitative estimate of drug-likeness (QED) is 0.314. The van der Waals surface area contributed by atoms with Gasteiger partial charge in [-0.25, -0.2) is 13.1 Å². The van der Waals surface area contributed by atoms with Crippen LogP contribution in [0.4, 0.5) is 5.69 Å². The van der Waals surface area contributed by atoms with Crippen molar-refractivity contribution in [2.45, 2.75) is 115 Å². The van der Waals surface area contributed by atoms with Crippen molar-refractivity contribution in [2.24, 2.45) is 23.7 Å². The van der Waals surface area contributed by atoms with Crippen LogP contribution in [0.3, 0.4) is 0 Å². The van der Waals surface area contributed by atoms with Crippen molar-refractivity contribution in [1.29, 1.82) is 0 Å². The molecule has 10 heteroatoms. The van der Waals surface area contributed by atoms with Crippen molar-refractivity contribution in [3.8, 4) is 5.75 Å². The maximum absolute atomic E-state index is 13.6. The maximum Gasteiger partial charge on any atom is 0.264 e. The Hall–Kier alpha value is -2.59. The molecule has 1 unspecified atom stereocenters. The van der Waals surface area contributed by atoms with E-state index in [0.29, 0.717) is 48.1 Å². The molecule has 0 spiro atoms. The molecule has 6 rings (SSSR count). The fourth-order valence-electron chi connectivity index (χ4n) is 9.06. The summed E-state index contributed by atoms with van der Waals surface area (Å²) in [5, 5.41) is -0.0400. The summed E-state index contributed by atoms with van der Waals surface area (Å²) in [6.07, 6.45) is 14.6. The molecule has 0 aromatic heterocycles. The molecule has 4 aliphatic rings. The van der Waals surface area contributed by atoms with E-state index in [1.54, 1.807) is 13.0 Å². The largest absolute Gasteiger partial charge is 0.487 e. The second kappa shape index (κ2) is 16.8. The first-order chi connectivity index (χ1) is 24.9. The molecule has 2 aromatic carbocycles. The minimum absolute atomic E-state index is 0.201. The van der Waals surface area contributed by atoms with E-state index in [0.717, 1.165) is 87.4 Å². The van der Waals surface area contributed by atoms with Gasteiger partial charge in [0.1, 0.15) is 12.4 Å². The Balaban J connectivity index is 1.38. The zero-order valence-corrected chi connectivity index (χ0v) is 33.5. The third-order valence-electron chi connectivity index (χ3n) is 12.8. The molecule has 6 atom stereocenters. The minimum Gasteiger partial charge on any atom is -0.487 e. The predicted octanol–water partition coefficient (Wildman–Crippen LogP) is 8.42. The van der Waals surface area contributed by atoms with E-state index >= 15 is 0 Å². The Kier molecular flexibility index (Phi) is 12.7. The van der Waals surface area contributed by atoms with Gasteiger partial charge in [0, 0.05) is 36.8 Å². The highest BCUT2D eigenvalue weighted by Gasteiger charge is 2.48. The topological polar surface area (TPSA) is 88.2 Å². The number of nitrogens with one attached hydrogen (secondary N) is 1. The lowest BCUT2D eigenvalue weighted by atomic mass is 9.61. The SMILES string of the molecule is CO[C@]1(CC2CCCN(C(C)C)CC2)/C=C/C[C@H](C)[C@@H](C)S(=O)(=O)NC(=O)c2ccc3c(c2)N(CCCCc2cc(Cl)ccc2CO3)C[C@@H]2CC[C@H]21. The summed E-state index contributed by atoms with van der Waals surface area (Å²) in [4.78, 5) is 18.6. The summed E-state index contributed by atoms with van der Waals surface area (Å²) in [5.74, 6) is 1.14. The number of fused-ring (bicyclic) bond motifs is 3. The molecular formula is C42H60ClN3O5S. The third-order valence-corrected chi connectivity index (χ3v) is 14.9. The highest BCUT2D eigenvalue weighted by Crippen LogP contribution is 2.49. The summed E-state index contributed by atoms with van der Waals surface area (Å²) < 4.78 is 42.9. The Labute approximate surface area is 317 Å². The van der Waals surface area contributed by atoms with Crippen LogP contribution < -0.4 is 14.4 Å². The van der Waals surface area contributed by atoms with Gasteiger partial charge in [-0.15, -0.1) is 0 Å². The monoisotopic (exact) mass is 753 g/mol. The number of allylic oxidation sites excluding steroid dienone is 1. The lowest BCUT2D eigenvalue weighted by Gasteiger charge is -2.51. The molecule has 3 aliphatic heterocycles. The van der Waals surface area contributed by atoms with Crippen LogP contribution in [0, 0.1) is 23.7 Å². The van der Waals surface area contributed by atoms with Gasteiger partial charge in [-0.3, -0.25) is 4.79 Å². The average Bonchev–Trinajstić information content (AvgIpc) is 3.36. The molecule has 2 bridgehead atoms. The molecule has 1 aliphatic carbocycles. The van der Waals surface area contributed by atoms with Crippen LogP contribution in [0.1, 0.15) is 107 Å². The van der Waals surface area contributed by atoms with E-state index in [1.807, 2.05) is 44.4 Å². The Morgan fingerprint density at radius 1 is 1.00 bits per heavy atom. The Morgan fingerprint density at radius 3 is 2.58 bits per heavy atom. The summed E-state index contributed by atoms with van der Waals surface area (Å²) in [6, 6.07) is 11.9. The van der Waals surface area contributed by atoms with E-state index in [2.05, 4.69) is 40.5 Å². The molecule has 8 nitrogen and oxygen atoms in total. The second-order valence-corrected chi connectivity index (χ2v) is 18.8. The number of hydrogen-bond donors (Lipinski definition) is 1. The summed E-state index contributed by atoms with van der Waals surface area (Å²) >= 11 is 6.41. The zero-order chi connectivity index (χ0) is 37.0. The van der Waals surface area contributed by atoms with E-state index in [4.69, 9.17) is 21.1 Å². The lowest BCUT2D eigenvalue weighted by molar-refractivity contribution is -0.0892. The van der Waals surface area contributed by atoms with E-state index < -0.39 is 26.8 Å². The van der Waals surface area contributed by atoms with Crippen molar-refractivity contribution in [3.05, 3.63) is 70.3 Å². The molecule has 286 valence electrons. The molecule has 52 heavy (non-hydrogen) atoms. The van der Waals surface area contributed by atoms with Gasteiger partial charge in [-0.2, -0.15) is 0 Å². The standard InChI is InChI=1S/C42H60ClN3O5S/c1-29(2)45-22-9-11-32(19-23-45)26-42(50-5)20-8-10-30(3)31(4)52(48,49)44-41(47)34-15-18-40-39(25-34)46(27-35-14-17-38(35)42)21-7-6-12-33-24-37(43)16-13-36(33)28-51-40/h8,13,15-16,18,20,24-25,29-32,35,38H,6-7,9-12,14,17,19,21-23,26-28H2,1-5H3,(H,44,47)/b20-8+/t30-,31+,32?,35-,38+,42-/m0/s1. The number of nitrogens with zero attached hydrogens (tertiary/aromatic N) is 2. The van der Waals surface area contributed by atoms with Gasteiger partial charge >= 0.3 is 0 Å². The van der Waals surface area contributed by atoms with Gasteiger partial charge in [0.05, 0.1) is 16.5 Å². The molecular weight excluding hydrogens is 694 g/mol. The number of likely N-dealkylation sites (tertiary alicyclic amines) is 1. The molecule has 2 fully saturated rings. The van der Waals surface area contributed by atoms with Crippen LogP contribution in [0.25, 0.3) is 0 Å². The lowest BCUT2D eigenvalue weighted by Crippen LogP contribution is -2.52. The molecule has 0 radical (unpaired) electrons. The van der Waals surface area contributed by atoms with Crippen molar-refractivity contribution in [3.63, 3.8) is 0 Å². The average molecular weight is 754 g/mol. The van der Waals surface area contributed by atoms with Gasteiger partial charge in [0.25, 0.3) is 5.91 Å². The van der Waals surface area contributed by atoms with Gasteiger partial charge in [0.15, 0.2) is 0 Å². The fourth-order valence-corrected chi connectivity index (χ4v) is 10.5. The number of methoxy groups -OCH3 is 1. The first kappa shape index (κ1) is 39.1. The van der Waals surface area contributed by atoms with Gasteiger partial charge in [-0.1, -0.05) is 36.7 Å². The number of amides is 1. The number of carbonyl (C=O) groups excluding carboxylic acids is 1. The third kappa shape index (κ3) is 8.85. The number of rotatable bonds is 4. The van der Waals surface area contributed by atoms with Crippen molar-refractivity contribution < 1.29 is 22.7 Å². The molecule has 1 saturated carbocycles. The fraction of sp³-hybridized carbons (Fsp3) is 0.643. The van der Waals surface area contributed by atoms with E-state index in [1.165, 1.54) is 18.4 Å². The van der Waals surface area contributed by atoms with E-state index in [-0.39, 0.29) is 5.92 Å². The number of sulfonamides is 1. The summed E-state index contributed by atoms with van der Waals surface area (Å²) in [7, 11) is -2.06. The molecule has 2 aromatic rings. The number of carbonyl (C=O) groups is 1. The predicted molar refractivity (Wildman–Crippen MR) is 211 cm³/mol. The molecule has 1 saturated heterocycles. The summed E-state index contributed by atoms with van der Waals surface area (Å²) in [6.45, 7) is 12.5. The van der Waals surface area contributed by atoms with Crippen LogP contribution in [0.2, 0.25) is 5.02 Å². The minimum atomic E-state index is -3.94. The number of anilines is 1. The van der Waals surface area contributed by atoms with Crippen LogP contribution in [0.15, 0.2) is 48.6 Å². The second-order valence-electron chi connectivity index (χ2n) is 16.3. The van der Waals surface area contributed by atoms with Crippen LogP contribution in [-0.2, 0) is 27.8 Å². The zero-order valence-electron chi connectivity index (χ0n) is 31.9. The Bertz CT molecular complexity index is 1700. The van der Waals surface area contributed by atoms with Crippen molar-refractivity contribution in [1.82, 2.24) is 9.62 Å². The molecule has 3 heterocycles. The van der Waals surface area contributed by atoms with E-state index in [9.17, 15) is 13.2 Å². The summed E-state index contributed by atoms with van der Waals surface area (Å²) in [5.41, 5.74) is 3.00. The molecule has 1 amide bonds. The Morgan fingerprint density at radius 2 is 1.83 bits per heavy atom.